The second-order valence-electron chi connectivity index (χ2n) is 8.57. The molecule has 0 saturated carbocycles. The van der Waals surface area contributed by atoms with E-state index in [-0.39, 0.29) is 11.9 Å². The molecule has 164 valence electrons. The van der Waals surface area contributed by atoms with Gasteiger partial charge in [-0.2, -0.15) is 0 Å². The van der Waals surface area contributed by atoms with Crippen molar-refractivity contribution in [3.05, 3.63) is 88.0 Å². The summed E-state index contributed by atoms with van der Waals surface area (Å²) in [4.78, 5) is 24.3. The van der Waals surface area contributed by atoms with Crippen molar-refractivity contribution in [2.24, 2.45) is 5.92 Å². The first-order valence-electron chi connectivity index (χ1n) is 11.2. The molecule has 4 heterocycles. The molecule has 0 radical (unpaired) electrons. The summed E-state index contributed by atoms with van der Waals surface area (Å²) in [6.45, 7) is 5.16. The molecule has 0 spiro atoms. The summed E-state index contributed by atoms with van der Waals surface area (Å²) >= 11 is 1.48. The van der Waals surface area contributed by atoms with Crippen molar-refractivity contribution in [2.75, 3.05) is 13.1 Å². The quantitative estimate of drug-likeness (QED) is 0.423. The van der Waals surface area contributed by atoms with Crippen molar-refractivity contribution < 1.29 is 4.79 Å². The van der Waals surface area contributed by atoms with Crippen molar-refractivity contribution in [1.82, 2.24) is 20.2 Å². The topological polar surface area (TPSA) is 61.0 Å². The standard InChI is InChI=1S/C26H28N4OS/c1-18-20-7-2-3-8-21(20)28-23(18)17-30-14-11-19(12-15-30)25(22-9-4-5-13-27-22)29-26(31)24-10-6-16-32-24/h2-10,13,16,19,25,28H,11-12,14-15,17H2,1H3,(H,29,31)/t25-/m0/s1. The van der Waals surface area contributed by atoms with E-state index in [1.165, 1.54) is 33.5 Å². The smallest absolute Gasteiger partial charge is 0.261 e. The number of para-hydroxylation sites is 1. The van der Waals surface area contributed by atoms with Crippen LogP contribution in [0.3, 0.4) is 0 Å². The number of rotatable bonds is 6. The Labute approximate surface area is 192 Å². The Balaban J connectivity index is 1.27. The number of carbonyl (C=O) groups excluding carboxylic acids is 1. The van der Waals surface area contributed by atoms with Gasteiger partial charge in [0.2, 0.25) is 0 Å². The molecule has 5 nitrogen and oxygen atoms in total. The summed E-state index contributed by atoms with van der Waals surface area (Å²) in [6.07, 6.45) is 3.88. The normalized spacial score (nSPS) is 16.3. The number of thiophene rings is 1. The third-order valence-electron chi connectivity index (χ3n) is 6.59. The average molecular weight is 445 g/mol. The van der Waals surface area contributed by atoms with E-state index in [0.717, 1.165) is 43.0 Å². The number of hydrogen-bond donors (Lipinski definition) is 2. The molecule has 4 aromatic rings. The molecule has 32 heavy (non-hydrogen) atoms. The number of pyridine rings is 1. The van der Waals surface area contributed by atoms with Crippen LogP contribution in [0.25, 0.3) is 10.9 Å². The number of aromatic nitrogens is 2. The molecular weight excluding hydrogens is 416 g/mol. The molecule has 5 rings (SSSR count). The van der Waals surface area contributed by atoms with E-state index >= 15 is 0 Å². The number of aromatic amines is 1. The highest BCUT2D eigenvalue weighted by molar-refractivity contribution is 7.12. The number of fused-ring (bicyclic) bond motifs is 1. The lowest BCUT2D eigenvalue weighted by atomic mass is 9.87. The van der Waals surface area contributed by atoms with Gasteiger partial charge in [-0.3, -0.25) is 14.7 Å². The lowest BCUT2D eigenvalue weighted by molar-refractivity contribution is 0.0892. The van der Waals surface area contributed by atoms with E-state index in [9.17, 15) is 4.79 Å². The van der Waals surface area contributed by atoms with Crippen LogP contribution in [0.2, 0.25) is 0 Å². The highest BCUT2D eigenvalue weighted by Crippen LogP contribution is 2.32. The minimum Gasteiger partial charge on any atom is -0.357 e. The monoisotopic (exact) mass is 444 g/mol. The van der Waals surface area contributed by atoms with E-state index < -0.39 is 0 Å². The third kappa shape index (κ3) is 4.33. The van der Waals surface area contributed by atoms with Crippen LogP contribution in [0, 0.1) is 12.8 Å². The highest BCUT2D eigenvalue weighted by Gasteiger charge is 2.30. The largest absolute Gasteiger partial charge is 0.357 e. The van der Waals surface area contributed by atoms with Gasteiger partial charge in [-0.15, -0.1) is 11.3 Å². The van der Waals surface area contributed by atoms with Crippen LogP contribution in [0.4, 0.5) is 0 Å². The van der Waals surface area contributed by atoms with Gasteiger partial charge in [0.05, 0.1) is 16.6 Å². The van der Waals surface area contributed by atoms with E-state index in [4.69, 9.17) is 0 Å². The molecule has 6 heteroatoms. The van der Waals surface area contributed by atoms with Crippen molar-refractivity contribution in [3.63, 3.8) is 0 Å². The molecule has 2 N–H and O–H groups in total. The second kappa shape index (κ2) is 9.27. The molecule has 1 amide bonds. The van der Waals surface area contributed by atoms with Gasteiger partial charge < -0.3 is 10.3 Å². The first kappa shape index (κ1) is 20.9. The molecule has 1 fully saturated rings. The molecule has 1 atom stereocenters. The highest BCUT2D eigenvalue weighted by atomic mass is 32.1. The van der Waals surface area contributed by atoms with Crippen molar-refractivity contribution >= 4 is 28.1 Å². The van der Waals surface area contributed by atoms with Crippen LogP contribution in [-0.2, 0) is 6.54 Å². The minimum absolute atomic E-state index is 0.00761. The van der Waals surface area contributed by atoms with Gasteiger partial charge in [-0.25, -0.2) is 0 Å². The van der Waals surface area contributed by atoms with Crippen LogP contribution in [0.1, 0.15) is 45.5 Å². The Kier molecular flexibility index (Phi) is 6.06. The molecule has 0 bridgehead atoms. The first-order chi connectivity index (χ1) is 15.7. The Bertz CT molecular complexity index is 1180. The number of amides is 1. The summed E-state index contributed by atoms with van der Waals surface area (Å²) in [5, 5.41) is 6.53. The number of benzene rings is 1. The van der Waals surface area contributed by atoms with Gasteiger partial charge in [0, 0.05) is 29.3 Å². The average Bonchev–Trinajstić information content (AvgIpc) is 3.48. The predicted molar refractivity (Wildman–Crippen MR) is 130 cm³/mol. The number of H-pyrrole nitrogens is 1. The number of hydrogen-bond acceptors (Lipinski definition) is 4. The molecule has 1 aliphatic rings. The Morgan fingerprint density at radius 2 is 1.97 bits per heavy atom. The Hall–Kier alpha value is -2.96. The van der Waals surface area contributed by atoms with Crippen molar-refractivity contribution in [2.45, 2.75) is 32.4 Å². The lowest BCUT2D eigenvalue weighted by Gasteiger charge is -2.36. The fraction of sp³-hybridized carbons (Fsp3) is 0.308. The van der Waals surface area contributed by atoms with Crippen LogP contribution in [0.5, 0.6) is 0 Å². The zero-order valence-electron chi connectivity index (χ0n) is 18.3. The van der Waals surface area contributed by atoms with E-state index in [1.54, 1.807) is 0 Å². The number of nitrogens with one attached hydrogen (secondary N) is 2. The molecule has 1 aliphatic heterocycles. The van der Waals surface area contributed by atoms with E-state index in [1.807, 2.05) is 41.9 Å². The molecule has 0 aliphatic carbocycles. The van der Waals surface area contributed by atoms with Crippen LogP contribution < -0.4 is 5.32 Å². The minimum atomic E-state index is -0.0669. The van der Waals surface area contributed by atoms with E-state index in [2.05, 4.69) is 51.4 Å². The van der Waals surface area contributed by atoms with Gasteiger partial charge in [0.1, 0.15) is 0 Å². The van der Waals surface area contributed by atoms with Gasteiger partial charge in [0.15, 0.2) is 0 Å². The summed E-state index contributed by atoms with van der Waals surface area (Å²) in [5.74, 6) is 0.362. The lowest BCUT2D eigenvalue weighted by Crippen LogP contribution is -2.40. The van der Waals surface area contributed by atoms with Gasteiger partial charge in [-0.05, 0) is 74.0 Å². The third-order valence-corrected chi connectivity index (χ3v) is 7.46. The molecule has 1 saturated heterocycles. The zero-order valence-corrected chi connectivity index (χ0v) is 19.1. The maximum absolute atomic E-state index is 12.8. The number of piperidine rings is 1. The van der Waals surface area contributed by atoms with Crippen LogP contribution in [0.15, 0.2) is 66.2 Å². The summed E-state index contributed by atoms with van der Waals surface area (Å²) < 4.78 is 0. The summed E-state index contributed by atoms with van der Waals surface area (Å²) in [6, 6.07) is 18.2. The zero-order chi connectivity index (χ0) is 21.9. The number of likely N-dealkylation sites (tertiary alicyclic amines) is 1. The number of carbonyl (C=O) groups is 1. The number of aryl methyl sites for hydroxylation is 1. The fourth-order valence-corrected chi connectivity index (χ4v) is 5.40. The van der Waals surface area contributed by atoms with Crippen LogP contribution in [-0.4, -0.2) is 33.9 Å². The first-order valence-corrected chi connectivity index (χ1v) is 12.1. The maximum Gasteiger partial charge on any atom is 0.261 e. The van der Waals surface area contributed by atoms with E-state index in [0.29, 0.717) is 5.92 Å². The summed E-state index contributed by atoms with van der Waals surface area (Å²) in [7, 11) is 0. The molecule has 3 aromatic heterocycles. The van der Waals surface area contributed by atoms with Gasteiger partial charge in [-0.1, -0.05) is 30.3 Å². The Morgan fingerprint density at radius 1 is 1.16 bits per heavy atom. The maximum atomic E-state index is 12.8. The summed E-state index contributed by atoms with van der Waals surface area (Å²) in [5.41, 5.74) is 4.80. The number of nitrogens with zero attached hydrogens (tertiary/aromatic N) is 2. The van der Waals surface area contributed by atoms with Crippen molar-refractivity contribution in [1.29, 1.82) is 0 Å². The van der Waals surface area contributed by atoms with Gasteiger partial charge in [0.25, 0.3) is 5.91 Å². The van der Waals surface area contributed by atoms with Crippen LogP contribution >= 0.6 is 11.3 Å². The second-order valence-corrected chi connectivity index (χ2v) is 9.52. The van der Waals surface area contributed by atoms with Gasteiger partial charge >= 0.3 is 0 Å². The molecular formula is C26H28N4OS. The molecule has 1 aromatic carbocycles. The Morgan fingerprint density at radius 3 is 2.69 bits per heavy atom. The molecule has 0 unspecified atom stereocenters. The fourth-order valence-electron chi connectivity index (χ4n) is 4.78. The SMILES string of the molecule is Cc1c(CN2CCC([C@H](NC(=O)c3cccs3)c3ccccn3)CC2)[nH]c2ccccc12. The van der Waals surface area contributed by atoms with Crippen molar-refractivity contribution in [3.8, 4) is 0 Å². The predicted octanol–water partition coefficient (Wildman–Crippen LogP) is 5.32.